The molecule has 1 aliphatic heterocycles. The van der Waals surface area contributed by atoms with Gasteiger partial charge in [-0.25, -0.2) is 9.78 Å². The van der Waals surface area contributed by atoms with Crippen LogP contribution in [0.5, 0.6) is 0 Å². The standard InChI is InChI=1S/C17H21N3O2/c1-11-4-5-12(2)15-13(11)10-14(17(21)22)16(18-15)20-8-6-19(3)7-9-20/h4-5,10H,6-9H2,1-3H3,(H,21,22). The zero-order valence-electron chi connectivity index (χ0n) is 13.3. The molecule has 22 heavy (non-hydrogen) atoms. The van der Waals surface area contributed by atoms with E-state index in [-0.39, 0.29) is 0 Å². The monoisotopic (exact) mass is 299 g/mol. The smallest absolute Gasteiger partial charge is 0.339 e. The van der Waals surface area contributed by atoms with Crippen LogP contribution in [-0.2, 0) is 0 Å². The summed E-state index contributed by atoms with van der Waals surface area (Å²) in [6.45, 7) is 7.46. The Morgan fingerprint density at radius 2 is 1.77 bits per heavy atom. The van der Waals surface area contributed by atoms with E-state index >= 15 is 0 Å². The minimum atomic E-state index is -0.913. The highest BCUT2D eigenvalue weighted by Crippen LogP contribution is 2.28. The molecule has 1 saturated heterocycles. The Hall–Kier alpha value is -2.14. The molecule has 2 aromatic rings. The Morgan fingerprint density at radius 1 is 1.14 bits per heavy atom. The first-order chi connectivity index (χ1) is 10.5. The number of carbonyl (C=O) groups is 1. The Morgan fingerprint density at radius 3 is 2.41 bits per heavy atom. The number of fused-ring (bicyclic) bond motifs is 1. The van der Waals surface area contributed by atoms with Gasteiger partial charge >= 0.3 is 5.97 Å². The number of pyridine rings is 1. The Bertz CT molecular complexity index is 734. The average molecular weight is 299 g/mol. The molecule has 0 saturated carbocycles. The third-order valence-corrected chi connectivity index (χ3v) is 4.42. The molecule has 0 unspecified atom stereocenters. The van der Waals surface area contributed by atoms with Crippen molar-refractivity contribution in [3.05, 3.63) is 34.9 Å². The van der Waals surface area contributed by atoms with Crippen LogP contribution in [0.15, 0.2) is 18.2 Å². The molecule has 116 valence electrons. The Balaban J connectivity index is 2.17. The van der Waals surface area contributed by atoms with Gasteiger partial charge in [-0.3, -0.25) is 0 Å². The molecule has 1 aliphatic rings. The number of carboxylic acid groups (broad SMARTS) is 1. The fourth-order valence-corrected chi connectivity index (χ4v) is 2.94. The van der Waals surface area contributed by atoms with Crippen molar-refractivity contribution in [2.24, 2.45) is 0 Å². The van der Waals surface area contributed by atoms with Gasteiger partial charge in [0.1, 0.15) is 11.4 Å². The number of hydrogen-bond donors (Lipinski definition) is 1. The molecule has 5 heteroatoms. The number of piperazine rings is 1. The second kappa shape index (κ2) is 5.57. The van der Waals surface area contributed by atoms with Crippen LogP contribution in [0.4, 0.5) is 5.82 Å². The maximum Gasteiger partial charge on any atom is 0.339 e. The third-order valence-electron chi connectivity index (χ3n) is 4.42. The summed E-state index contributed by atoms with van der Waals surface area (Å²) in [5.41, 5.74) is 3.33. The SMILES string of the molecule is Cc1ccc(C)c2nc(N3CCN(C)CC3)c(C(=O)O)cc12. The molecule has 1 N–H and O–H groups in total. The maximum atomic E-state index is 11.7. The van der Waals surface area contributed by atoms with Crippen LogP contribution in [0.25, 0.3) is 10.9 Å². The number of likely N-dealkylation sites (N-methyl/N-ethyl adjacent to an activating group) is 1. The van der Waals surface area contributed by atoms with Gasteiger partial charge in [-0.2, -0.15) is 0 Å². The third kappa shape index (κ3) is 2.52. The lowest BCUT2D eigenvalue weighted by molar-refractivity contribution is 0.0697. The van der Waals surface area contributed by atoms with Crippen molar-refractivity contribution in [2.75, 3.05) is 38.1 Å². The first kappa shape index (κ1) is 14.8. The summed E-state index contributed by atoms with van der Waals surface area (Å²) in [6.07, 6.45) is 0. The van der Waals surface area contributed by atoms with Gasteiger partial charge in [0.15, 0.2) is 0 Å². The minimum Gasteiger partial charge on any atom is -0.478 e. The molecular weight excluding hydrogens is 278 g/mol. The molecular formula is C17H21N3O2. The lowest BCUT2D eigenvalue weighted by Crippen LogP contribution is -2.45. The molecule has 0 bridgehead atoms. The molecule has 3 rings (SSSR count). The summed E-state index contributed by atoms with van der Waals surface area (Å²) in [5.74, 6) is -0.314. The van der Waals surface area contributed by atoms with Crippen LogP contribution in [-0.4, -0.2) is 54.2 Å². The average Bonchev–Trinajstić information content (AvgIpc) is 2.51. The first-order valence-electron chi connectivity index (χ1n) is 7.55. The molecule has 1 aromatic carbocycles. The summed E-state index contributed by atoms with van der Waals surface area (Å²) in [4.78, 5) is 20.8. The Labute approximate surface area is 130 Å². The van der Waals surface area contributed by atoms with Crippen LogP contribution in [0.3, 0.4) is 0 Å². The topological polar surface area (TPSA) is 56.7 Å². The molecule has 1 fully saturated rings. The van der Waals surface area contributed by atoms with Crippen LogP contribution >= 0.6 is 0 Å². The van der Waals surface area contributed by atoms with E-state index in [9.17, 15) is 9.90 Å². The number of aromatic nitrogens is 1. The molecule has 0 amide bonds. The molecule has 0 atom stereocenters. The molecule has 0 radical (unpaired) electrons. The predicted octanol–water partition coefficient (Wildman–Crippen LogP) is 2.30. The van der Waals surface area contributed by atoms with Gasteiger partial charge in [-0.05, 0) is 38.1 Å². The first-order valence-corrected chi connectivity index (χ1v) is 7.55. The number of hydrogen-bond acceptors (Lipinski definition) is 4. The highest BCUT2D eigenvalue weighted by Gasteiger charge is 2.22. The number of carboxylic acids is 1. The minimum absolute atomic E-state index is 0.297. The second-order valence-electron chi connectivity index (χ2n) is 6.05. The number of aromatic carboxylic acids is 1. The summed E-state index contributed by atoms with van der Waals surface area (Å²) in [5, 5.41) is 10.5. The van der Waals surface area contributed by atoms with Gasteiger partial charge in [0, 0.05) is 31.6 Å². The molecule has 0 aliphatic carbocycles. The van der Waals surface area contributed by atoms with E-state index in [0.29, 0.717) is 11.4 Å². The van der Waals surface area contributed by atoms with Crippen LogP contribution in [0, 0.1) is 13.8 Å². The number of anilines is 1. The molecule has 0 spiro atoms. The Kier molecular flexibility index (Phi) is 3.74. The molecule has 5 nitrogen and oxygen atoms in total. The second-order valence-corrected chi connectivity index (χ2v) is 6.05. The van der Waals surface area contributed by atoms with Crippen molar-refractivity contribution < 1.29 is 9.90 Å². The van der Waals surface area contributed by atoms with Crippen molar-refractivity contribution >= 4 is 22.7 Å². The fraction of sp³-hybridized carbons (Fsp3) is 0.412. The van der Waals surface area contributed by atoms with E-state index in [1.54, 1.807) is 6.07 Å². The van der Waals surface area contributed by atoms with Crippen molar-refractivity contribution in [3.8, 4) is 0 Å². The van der Waals surface area contributed by atoms with E-state index in [1.807, 2.05) is 26.0 Å². The highest BCUT2D eigenvalue weighted by atomic mass is 16.4. The van der Waals surface area contributed by atoms with Gasteiger partial charge in [0.25, 0.3) is 0 Å². The lowest BCUT2D eigenvalue weighted by Gasteiger charge is -2.34. The summed E-state index contributed by atoms with van der Waals surface area (Å²) < 4.78 is 0. The summed E-state index contributed by atoms with van der Waals surface area (Å²) >= 11 is 0. The van der Waals surface area contributed by atoms with E-state index < -0.39 is 5.97 Å². The maximum absolute atomic E-state index is 11.7. The van der Waals surface area contributed by atoms with Crippen molar-refractivity contribution in [2.45, 2.75) is 13.8 Å². The van der Waals surface area contributed by atoms with Crippen molar-refractivity contribution in [3.63, 3.8) is 0 Å². The zero-order valence-corrected chi connectivity index (χ0v) is 13.3. The summed E-state index contributed by atoms with van der Waals surface area (Å²) in [6, 6.07) is 5.83. The van der Waals surface area contributed by atoms with Crippen molar-refractivity contribution in [1.82, 2.24) is 9.88 Å². The summed E-state index contributed by atoms with van der Waals surface area (Å²) in [7, 11) is 2.08. The molecule has 1 aromatic heterocycles. The van der Waals surface area contributed by atoms with Gasteiger partial charge in [0.05, 0.1) is 5.52 Å². The highest BCUT2D eigenvalue weighted by molar-refractivity contribution is 5.99. The van der Waals surface area contributed by atoms with Gasteiger partial charge in [-0.1, -0.05) is 12.1 Å². The van der Waals surface area contributed by atoms with Crippen LogP contribution in [0.1, 0.15) is 21.5 Å². The zero-order chi connectivity index (χ0) is 15.9. The van der Waals surface area contributed by atoms with E-state index in [4.69, 9.17) is 4.98 Å². The largest absolute Gasteiger partial charge is 0.478 e. The van der Waals surface area contributed by atoms with Crippen molar-refractivity contribution in [1.29, 1.82) is 0 Å². The quantitative estimate of drug-likeness (QED) is 0.922. The van der Waals surface area contributed by atoms with Crippen LogP contribution in [0.2, 0.25) is 0 Å². The number of nitrogens with zero attached hydrogens (tertiary/aromatic N) is 3. The lowest BCUT2D eigenvalue weighted by atomic mass is 10.0. The number of rotatable bonds is 2. The van der Waals surface area contributed by atoms with E-state index in [1.165, 1.54) is 0 Å². The van der Waals surface area contributed by atoms with Gasteiger partial charge in [-0.15, -0.1) is 0 Å². The van der Waals surface area contributed by atoms with Gasteiger partial charge in [0.2, 0.25) is 0 Å². The van der Waals surface area contributed by atoms with Gasteiger partial charge < -0.3 is 14.9 Å². The van der Waals surface area contributed by atoms with E-state index in [0.717, 1.165) is 48.2 Å². The number of aryl methyl sites for hydroxylation is 2. The normalized spacial score (nSPS) is 16.2. The molecule has 2 heterocycles. The number of benzene rings is 1. The predicted molar refractivity (Wildman–Crippen MR) is 87.9 cm³/mol. The van der Waals surface area contributed by atoms with E-state index in [2.05, 4.69) is 16.8 Å². The van der Waals surface area contributed by atoms with Crippen LogP contribution < -0.4 is 4.90 Å². The fourth-order valence-electron chi connectivity index (χ4n) is 2.94.